The number of halogens is 1. The highest BCUT2D eigenvalue weighted by Gasteiger charge is 2.28. The summed E-state index contributed by atoms with van der Waals surface area (Å²) in [7, 11) is -3.85. The molecule has 0 radical (unpaired) electrons. The van der Waals surface area contributed by atoms with Crippen LogP contribution in [0, 0.1) is 5.82 Å². The van der Waals surface area contributed by atoms with Crippen molar-refractivity contribution >= 4 is 16.0 Å². The van der Waals surface area contributed by atoms with Crippen LogP contribution in [0.4, 0.5) is 4.39 Å². The van der Waals surface area contributed by atoms with E-state index in [0.717, 1.165) is 30.2 Å². The zero-order valence-corrected chi connectivity index (χ0v) is 17.2. The van der Waals surface area contributed by atoms with Crippen LogP contribution in [0.1, 0.15) is 42.1 Å². The molecule has 1 fully saturated rings. The number of hydrogen-bond donors (Lipinski definition) is 0. The normalized spacial score (nSPS) is 16.4. The van der Waals surface area contributed by atoms with Gasteiger partial charge in [-0.1, -0.05) is 26.0 Å². The van der Waals surface area contributed by atoms with Gasteiger partial charge in [0, 0.05) is 13.1 Å². The van der Waals surface area contributed by atoms with Crippen LogP contribution in [0.15, 0.2) is 47.4 Å². The summed E-state index contributed by atoms with van der Waals surface area (Å²) in [6.07, 6.45) is 0.981. The van der Waals surface area contributed by atoms with E-state index >= 15 is 0 Å². The first-order chi connectivity index (χ1) is 13.8. The molecule has 8 heteroatoms. The van der Waals surface area contributed by atoms with E-state index in [9.17, 15) is 17.6 Å². The van der Waals surface area contributed by atoms with E-state index in [1.54, 1.807) is 12.1 Å². The van der Waals surface area contributed by atoms with Crippen molar-refractivity contribution in [3.05, 3.63) is 59.4 Å². The lowest BCUT2D eigenvalue weighted by Gasteiger charge is -2.26. The largest absolute Gasteiger partial charge is 0.423 e. The highest BCUT2D eigenvalue weighted by Crippen LogP contribution is 2.24. The molecule has 6 nitrogen and oxygen atoms in total. The summed E-state index contributed by atoms with van der Waals surface area (Å²) in [4.78, 5) is 12.3. The average molecular weight is 421 g/mol. The summed E-state index contributed by atoms with van der Waals surface area (Å²) in [5, 5.41) is 0. The Balaban J connectivity index is 1.81. The zero-order chi connectivity index (χ0) is 21.0. The van der Waals surface area contributed by atoms with E-state index in [2.05, 4.69) is 13.8 Å². The minimum atomic E-state index is -3.85. The van der Waals surface area contributed by atoms with Gasteiger partial charge in [-0.05, 0) is 48.2 Å². The van der Waals surface area contributed by atoms with Crippen molar-refractivity contribution in [1.82, 2.24) is 4.31 Å². The van der Waals surface area contributed by atoms with Crippen LogP contribution in [0.25, 0.3) is 0 Å². The van der Waals surface area contributed by atoms with Gasteiger partial charge in [0.05, 0.1) is 23.7 Å². The third kappa shape index (κ3) is 4.83. The first-order valence-corrected chi connectivity index (χ1v) is 11.0. The summed E-state index contributed by atoms with van der Waals surface area (Å²) < 4.78 is 51.4. The number of ether oxygens (including phenoxy) is 2. The van der Waals surface area contributed by atoms with Crippen LogP contribution in [-0.4, -0.2) is 45.0 Å². The summed E-state index contributed by atoms with van der Waals surface area (Å²) in [6.45, 7) is 5.18. The summed E-state index contributed by atoms with van der Waals surface area (Å²) in [5.74, 6) is -1.15. The Morgan fingerprint density at radius 2 is 1.83 bits per heavy atom. The van der Waals surface area contributed by atoms with Crippen molar-refractivity contribution in [3.8, 4) is 5.75 Å². The Morgan fingerprint density at radius 3 is 2.45 bits per heavy atom. The van der Waals surface area contributed by atoms with Gasteiger partial charge in [0.15, 0.2) is 0 Å². The van der Waals surface area contributed by atoms with Crippen molar-refractivity contribution < 1.29 is 27.1 Å². The molecule has 0 unspecified atom stereocenters. The van der Waals surface area contributed by atoms with Gasteiger partial charge in [-0.3, -0.25) is 0 Å². The van der Waals surface area contributed by atoms with Gasteiger partial charge < -0.3 is 9.47 Å². The molecular weight excluding hydrogens is 397 g/mol. The number of rotatable bonds is 6. The Hall–Kier alpha value is -2.29. The standard InChI is InChI=1S/C21H24FNO5S/c1-3-15(2)16-4-6-17(7-5-16)28-21(24)19-14-18(8-9-20(19)22)29(25,26)23-10-12-27-13-11-23/h4-9,14-15H,3,10-13H2,1-2H3/t15-/m1/s1. The van der Waals surface area contributed by atoms with E-state index in [0.29, 0.717) is 19.1 Å². The topological polar surface area (TPSA) is 72.9 Å². The molecule has 1 heterocycles. The molecule has 0 spiro atoms. The average Bonchev–Trinajstić information content (AvgIpc) is 2.74. The van der Waals surface area contributed by atoms with Crippen LogP contribution < -0.4 is 4.74 Å². The van der Waals surface area contributed by atoms with E-state index < -0.39 is 27.4 Å². The van der Waals surface area contributed by atoms with E-state index in [1.165, 1.54) is 4.31 Å². The van der Waals surface area contributed by atoms with Crippen molar-refractivity contribution in [3.63, 3.8) is 0 Å². The maximum Gasteiger partial charge on any atom is 0.346 e. The number of esters is 1. The predicted octanol–water partition coefficient (Wildman–Crippen LogP) is 3.58. The fourth-order valence-corrected chi connectivity index (χ4v) is 4.45. The second-order valence-corrected chi connectivity index (χ2v) is 8.86. The summed E-state index contributed by atoms with van der Waals surface area (Å²) in [5.41, 5.74) is 0.683. The second-order valence-electron chi connectivity index (χ2n) is 6.93. The van der Waals surface area contributed by atoms with Gasteiger partial charge in [-0.25, -0.2) is 17.6 Å². The number of carbonyl (C=O) groups is 1. The second kappa shape index (κ2) is 9.02. The number of morpholine rings is 1. The molecule has 0 aromatic heterocycles. The third-order valence-corrected chi connectivity index (χ3v) is 6.93. The van der Waals surface area contributed by atoms with Crippen LogP contribution >= 0.6 is 0 Å². The monoisotopic (exact) mass is 421 g/mol. The SMILES string of the molecule is CC[C@@H](C)c1ccc(OC(=O)c2cc(S(=O)(=O)N3CCOCC3)ccc2F)cc1. The smallest absolute Gasteiger partial charge is 0.346 e. The lowest BCUT2D eigenvalue weighted by atomic mass is 9.99. The fraction of sp³-hybridized carbons (Fsp3) is 0.381. The van der Waals surface area contributed by atoms with Crippen LogP contribution in [-0.2, 0) is 14.8 Å². The Morgan fingerprint density at radius 1 is 1.17 bits per heavy atom. The molecule has 1 aliphatic rings. The van der Waals surface area contributed by atoms with Crippen LogP contribution in [0.2, 0.25) is 0 Å². The minimum absolute atomic E-state index is 0.153. The number of hydrogen-bond acceptors (Lipinski definition) is 5. The lowest BCUT2D eigenvalue weighted by Crippen LogP contribution is -2.40. The summed E-state index contributed by atoms with van der Waals surface area (Å²) in [6, 6.07) is 10.1. The third-order valence-electron chi connectivity index (χ3n) is 5.04. The highest BCUT2D eigenvalue weighted by atomic mass is 32.2. The predicted molar refractivity (Wildman–Crippen MR) is 106 cm³/mol. The maximum atomic E-state index is 14.2. The zero-order valence-electron chi connectivity index (χ0n) is 16.4. The molecule has 1 atom stereocenters. The minimum Gasteiger partial charge on any atom is -0.423 e. The molecule has 0 amide bonds. The molecule has 0 saturated carbocycles. The lowest BCUT2D eigenvalue weighted by molar-refractivity contribution is 0.0724. The molecule has 1 aliphatic heterocycles. The molecule has 29 heavy (non-hydrogen) atoms. The van der Waals surface area contributed by atoms with Crippen molar-refractivity contribution in [2.75, 3.05) is 26.3 Å². The van der Waals surface area contributed by atoms with Crippen molar-refractivity contribution in [2.24, 2.45) is 0 Å². The number of carbonyl (C=O) groups excluding carboxylic acids is 1. The van der Waals surface area contributed by atoms with E-state index in [-0.39, 0.29) is 23.7 Å². The summed E-state index contributed by atoms with van der Waals surface area (Å²) >= 11 is 0. The number of sulfonamides is 1. The quantitative estimate of drug-likeness (QED) is 0.527. The fourth-order valence-electron chi connectivity index (χ4n) is 3.02. The molecule has 2 aromatic carbocycles. The maximum absolute atomic E-state index is 14.2. The molecule has 0 aliphatic carbocycles. The van der Waals surface area contributed by atoms with Crippen LogP contribution in [0.3, 0.4) is 0 Å². The Labute approximate surface area is 170 Å². The van der Waals surface area contributed by atoms with Gasteiger partial charge in [-0.15, -0.1) is 0 Å². The van der Waals surface area contributed by atoms with Gasteiger partial charge in [0.25, 0.3) is 0 Å². The molecular formula is C21H24FNO5S. The highest BCUT2D eigenvalue weighted by molar-refractivity contribution is 7.89. The van der Waals surface area contributed by atoms with Gasteiger partial charge in [0.1, 0.15) is 11.6 Å². The van der Waals surface area contributed by atoms with Crippen molar-refractivity contribution in [1.29, 1.82) is 0 Å². The van der Waals surface area contributed by atoms with Crippen molar-refractivity contribution in [2.45, 2.75) is 31.1 Å². The Kier molecular flexibility index (Phi) is 6.66. The molecule has 2 aromatic rings. The first kappa shape index (κ1) is 21.4. The van der Waals surface area contributed by atoms with Gasteiger partial charge >= 0.3 is 5.97 Å². The molecule has 0 N–H and O–H groups in total. The van der Waals surface area contributed by atoms with E-state index in [4.69, 9.17) is 9.47 Å². The number of nitrogens with zero attached hydrogens (tertiary/aromatic N) is 1. The van der Waals surface area contributed by atoms with Gasteiger partial charge in [0.2, 0.25) is 10.0 Å². The van der Waals surface area contributed by atoms with Crippen LogP contribution in [0.5, 0.6) is 5.75 Å². The number of benzene rings is 2. The molecule has 156 valence electrons. The molecule has 1 saturated heterocycles. The first-order valence-electron chi connectivity index (χ1n) is 9.52. The van der Waals surface area contributed by atoms with Gasteiger partial charge in [-0.2, -0.15) is 4.31 Å². The molecule has 0 bridgehead atoms. The molecule has 3 rings (SSSR count). The Bertz CT molecular complexity index is 969. The van der Waals surface area contributed by atoms with E-state index in [1.807, 2.05) is 12.1 Å².